The summed E-state index contributed by atoms with van der Waals surface area (Å²) in [7, 11) is 1.85. The molecule has 7 heteroatoms. The van der Waals surface area contributed by atoms with Crippen LogP contribution in [0.15, 0.2) is 40.7 Å². The zero-order valence-corrected chi connectivity index (χ0v) is 18.1. The quantitative estimate of drug-likeness (QED) is 0.564. The van der Waals surface area contributed by atoms with Crippen LogP contribution in [0.1, 0.15) is 31.4 Å². The number of rotatable bonds is 6. The Morgan fingerprint density at radius 1 is 1.10 bits per heavy atom. The van der Waals surface area contributed by atoms with E-state index in [0.29, 0.717) is 6.04 Å². The van der Waals surface area contributed by atoms with Gasteiger partial charge in [-0.05, 0) is 37.8 Å². The second kappa shape index (κ2) is 9.96. The minimum atomic E-state index is 0.474. The summed E-state index contributed by atoms with van der Waals surface area (Å²) in [5.41, 5.74) is 2.50. The molecule has 0 spiro atoms. The largest absolute Gasteiger partial charge is 0.371 e. The van der Waals surface area contributed by atoms with Gasteiger partial charge in [0.2, 0.25) is 0 Å². The minimum Gasteiger partial charge on any atom is -0.371 e. The Bertz CT molecular complexity index is 776. The van der Waals surface area contributed by atoms with E-state index in [9.17, 15) is 0 Å². The molecule has 0 aliphatic carbocycles. The van der Waals surface area contributed by atoms with Crippen LogP contribution in [0.5, 0.6) is 0 Å². The van der Waals surface area contributed by atoms with Crippen molar-refractivity contribution in [2.24, 2.45) is 4.99 Å². The summed E-state index contributed by atoms with van der Waals surface area (Å²) in [4.78, 5) is 14.1. The molecule has 2 saturated heterocycles. The van der Waals surface area contributed by atoms with Gasteiger partial charge >= 0.3 is 0 Å². The Kier molecular flexibility index (Phi) is 6.87. The molecule has 0 atom stereocenters. The number of aromatic nitrogens is 1. The summed E-state index contributed by atoms with van der Waals surface area (Å²) >= 11 is 1.77. The molecule has 0 radical (unpaired) electrons. The Morgan fingerprint density at radius 3 is 2.59 bits per heavy atom. The van der Waals surface area contributed by atoms with Crippen molar-refractivity contribution in [2.75, 3.05) is 49.6 Å². The Morgan fingerprint density at radius 2 is 1.86 bits per heavy atom. The molecule has 1 aromatic heterocycles. The Hall–Kier alpha value is -2.28. The van der Waals surface area contributed by atoms with Crippen LogP contribution < -0.4 is 20.4 Å². The average molecular weight is 413 g/mol. The van der Waals surface area contributed by atoms with Gasteiger partial charge in [0.15, 0.2) is 11.1 Å². The molecule has 0 saturated carbocycles. The average Bonchev–Trinajstić information content (AvgIpc) is 3.46. The molecule has 6 nitrogen and oxygen atoms in total. The third-order valence-electron chi connectivity index (χ3n) is 5.77. The van der Waals surface area contributed by atoms with Crippen LogP contribution in [-0.2, 0) is 6.42 Å². The van der Waals surface area contributed by atoms with E-state index < -0.39 is 0 Å². The molecule has 2 aliphatic heterocycles. The van der Waals surface area contributed by atoms with Gasteiger partial charge in [0.05, 0.1) is 5.69 Å². The molecule has 0 bridgehead atoms. The fourth-order valence-electron chi connectivity index (χ4n) is 4.08. The van der Waals surface area contributed by atoms with Gasteiger partial charge in [-0.25, -0.2) is 4.98 Å². The number of benzene rings is 1. The first-order valence-electron chi connectivity index (χ1n) is 10.8. The highest BCUT2D eigenvalue weighted by Gasteiger charge is 2.20. The van der Waals surface area contributed by atoms with Gasteiger partial charge in [0.25, 0.3) is 0 Å². The van der Waals surface area contributed by atoms with Crippen molar-refractivity contribution in [3.8, 4) is 0 Å². The minimum absolute atomic E-state index is 0.474. The highest BCUT2D eigenvalue weighted by molar-refractivity contribution is 7.13. The number of thiazole rings is 1. The normalized spacial score (nSPS) is 18.3. The molecule has 4 rings (SSSR count). The van der Waals surface area contributed by atoms with E-state index in [1.165, 1.54) is 29.4 Å². The van der Waals surface area contributed by atoms with Crippen LogP contribution in [0.25, 0.3) is 0 Å². The van der Waals surface area contributed by atoms with E-state index in [2.05, 4.69) is 61.1 Å². The van der Waals surface area contributed by atoms with Crippen molar-refractivity contribution in [1.82, 2.24) is 15.6 Å². The number of hydrogen-bond acceptors (Lipinski definition) is 5. The lowest BCUT2D eigenvalue weighted by atomic mass is 10.0. The lowest BCUT2D eigenvalue weighted by Gasteiger charge is -2.34. The molecule has 3 heterocycles. The highest BCUT2D eigenvalue weighted by Crippen LogP contribution is 2.24. The van der Waals surface area contributed by atoms with E-state index >= 15 is 0 Å². The summed E-state index contributed by atoms with van der Waals surface area (Å²) in [6, 6.07) is 11.2. The summed E-state index contributed by atoms with van der Waals surface area (Å²) in [5.74, 6) is 0.901. The lowest BCUT2D eigenvalue weighted by molar-refractivity contribution is 0.461. The molecule has 0 unspecified atom stereocenters. The summed E-state index contributed by atoms with van der Waals surface area (Å²) < 4.78 is 0. The number of hydrogen-bond donors (Lipinski definition) is 2. The van der Waals surface area contributed by atoms with Crippen molar-refractivity contribution >= 4 is 28.1 Å². The first kappa shape index (κ1) is 20.0. The first-order chi connectivity index (χ1) is 14.3. The van der Waals surface area contributed by atoms with Gasteiger partial charge in [0.1, 0.15) is 0 Å². The molecule has 2 N–H and O–H groups in total. The van der Waals surface area contributed by atoms with Crippen LogP contribution in [0.4, 0.5) is 10.8 Å². The lowest BCUT2D eigenvalue weighted by Crippen LogP contribution is -2.49. The van der Waals surface area contributed by atoms with Gasteiger partial charge in [0, 0.05) is 63.3 Å². The standard InChI is InChI=1S/C22H32N6S/c1-23-21(24-12-9-19-17-29-22(26-19)28-13-5-6-14-28)25-18-10-15-27(16-11-18)20-7-3-2-4-8-20/h2-4,7-8,17-18H,5-6,9-16H2,1H3,(H2,23,24,25). The SMILES string of the molecule is CN=C(NCCc1csc(N2CCCC2)n1)NC1CCN(c2ccccc2)CC1. The van der Waals surface area contributed by atoms with E-state index in [0.717, 1.165) is 57.9 Å². The monoisotopic (exact) mass is 412 g/mol. The van der Waals surface area contributed by atoms with Crippen molar-refractivity contribution in [3.05, 3.63) is 41.4 Å². The molecule has 1 aromatic carbocycles. The maximum Gasteiger partial charge on any atom is 0.191 e. The summed E-state index contributed by atoms with van der Waals surface area (Å²) in [6.45, 7) is 5.33. The molecule has 2 aromatic rings. The fourth-order valence-corrected chi connectivity index (χ4v) is 5.00. The second-order valence-corrected chi connectivity index (χ2v) is 8.64. The Balaban J connectivity index is 1.18. The molecule has 29 heavy (non-hydrogen) atoms. The van der Waals surface area contributed by atoms with Gasteiger partial charge in [-0.1, -0.05) is 18.2 Å². The number of piperidine rings is 1. The number of nitrogens with one attached hydrogen (secondary N) is 2. The van der Waals surface area contributed by atoms with Gasteiger partial charge in [-0.2, -0.15) is 0 Å². The number of para-hydroxylation sites is 1. The smallest absolute Gasteiger partial charge is 0.191 e. The third kappa shape index (κ3) is 5.41. The second-order valence-electron chi connectivity index (χ2n) is 7.81. The van der Waals surface area contributed by atoms with Crippen LogP contribution in [0, 0.1) is 0 Å². The van der Waals surface area contributed by atoms with Gasteiger partial charge in [-0.15, -0.1) is 11.3 Å². The van der Waals surface area contributed by atoms with Crippen LogP contribution in [0.2, 0.25) is 0 Å². The van der Waals surface area contributed by atoms with Crippen LogP contribution >= 0.6 is 11.3 Å². The summed E-state index contributed by atoms with van der Waals surface area (Å²) in [6.07, 6.45) is 5.77. The van der Waals surface area contributed by atoms with Crippen LogP contribution in [-0.4, -0.2) is 56.8 Å². The number of aliphatic imine (C=N–C) groups is 1. The molecule has 0 amide bonds. The van der Waals surface area contributed by atoms with E-state index in [4.69, 9.17) is 4.98 Å². The Labute approximate surface area is 178 Å². The van der Waals surface area contributed by atoms with Gasteiger partial charge < -0.3 is 20.4 Å². The number of anilines is 2. The van der Waals surface area contributed by atoms with Crippen LogP contribution in [0.3, 0.4) is 0 Å². The summed E-state index contributed by atoms with van der Waals surface area (Å²) in [5, 5.41) is 10.4. The molecule has 156 valence electrons. The molecule has 2 aliphatic rings. The number of guanidine groups is 1. The first-order valence-corrected chi connectivity index (χ1v) is 11.7. The fraction of sp³-hybridized carbons (Fsp3) is 0.545. The topological polar surface area (TPSA) is 55.8 Å². The predicted molar refractivity (Wildman–Crippen MR) is 123 cm³/mol. The molecular weight excluding hydrogens is 380 g/mol. The van der Waals surface area contributed by atoms with Crippen molar-refractivity contribution in [1.29, 1.82) is 0 Å². The van der Waals surface area contributed by atoms with Crippen molar-refractivity contribution < 1.29 is 0 Å². The van der Waals surface area contributed by atoms with E-state index in [1.54, 1.807) is 11.3 Å². The predicted octanol–water partition coefficient (Wildman–Crippen LogP) is 3.12. The third-order valence-corrected chi connectivity index (χ3v) is 6.72. The van der Waals surface area contributed by atoms with E-state index in [-0.39, 0.29) is 0 Å². The van der Waals surface area contributed by atoms with Crippen molar-refractivity contribution in [2.45, 2.75) is 38.1 Å². The maximum absolute atomic E-state index is 4.81. The molecule has 2 fully saturated rings. The molecular formula is C22H32N6S. The highest BCUT2D eigenvalue weighted by atomic mass is 32.1. The van der Waals surface area contributed by atoms with E-state index in [1.807, 2.05) is 7.05 Å². The zero-order valence-electron chi connectivity index (χ0n) is 17.3. The van der Waals surface area contributed by atoms with Crippen molar-refractivity contribution in [3.63, 3.8) is 0 Å². The maximum atomic E-state index is 4.81. The van der Waals surface area contributed by atoms with Gasteiger partial charge in [-0.3, -0.25) is 4.99 Å². The zero-order chi connectivity index (χ0) is 19.9. The number of nitrogens with zero attached hydrogens (tertiary/aromatic N) is 4.